The van der Waals surface area contributed by atoms with Crippen LogP contribution in [0.1, 0.15) is 61.3 Å². The molecule has 1 saturated heterocycles. The first-order valence-electron chi connectivity index (χ1n) is 9.88. The number of hydrogen-bond acceptors (Lipinski definition) is 7. The maximum absolute atomic E-state index is 12.6. The van der Waals surface area contributed by atoms with Gasteiger partial charge in [0, 0.05) is 32.3 Å². The average Bonchev–Trinajstić information content (AvgIpc) is 2.92. The molecule has 168 valence electrons. The number of hydrogen-bond donors (Lipinski definition) is 1. The minimum Gasteiger partial charge on any atom is -0.444 e. The first-order chi connectivity index (χ1) is 13.1. The number of carbonyl (C=O) groups is 3. The lowest BCUT2D eigenvalue weighted by Gasteiger charge is -2.31. The zero-order valence-electron chi connectivity index (χ0n) is 18.9. The molecule has 1 heterocycles. The third-order valence-corrected chi connectivity index (χ3v) is 5.18. The van der Waals surface area contributed by atoms with Crippen LogP contribution in [-0.4, -0.2) is 80.9 Å². The van der Waals surface area contributed by atoms with E-state index in [9.17, 15) is 19.5 Å². The lowest BCUT2D eigenvalue weighted by molar-refractivity contribution is -0.109. The Balaban J connectivity index is 2.77. The summed E-state index contributed by atoms with van der Waals surface area (Å²) in [5, 5.41) is 10.6. The van der Waals surface area contributed by atoms with Gasteiger partial charge in [-0.25, -0.2) is 9.59 Å². The highest BCUT2D eigenvalue weighted by Gasteiger charge is 2.41. The van der Waals surface area contributed by atoms with Gasteiger partial charge in [-0.1, -0.05) is 11.8 Å². The van der Waals surface area contributed by atoms with Gasteiger partial charge in [0.15, 0.2) is 5.12 Å². The van der Waals surface area contributed by atoms with Gasteiger partial charge in [-0.3, -0.25) is 4.79 Å². The van der Waals surface area contributed by atoms with Crippen LogP contribution in [0.3, 0.4) is 0 Å². The van der Waals surface area contributed by atoms with E-state index in [1.54, 1.807) is 48.6 Å². The molecule has 0 aromatic rings. The largest absolute Gasteiger partial charge is 0.444 e. The summed E-state index contributed by atoms with van der Waals surface area (Å²) in [6.07, 6.45) is -1.07. The van der Waals surface area contributed by atoms with Crippen LogP contribution in [0.2, 0.25) is 0 Å². The maximum Gasteiger partial charge on any atom is 0.410 e. The Bertz CT molecular complexity index is 599. The number of amides is 2. The summed E-state index contributed by atoms with van der Waals surface area (Å²) in [5.41, 5.74) is -1.25. The van der Waals surface area contributed by atoms with Gasteiger partial charge in [0.25, 0.3) is 0 Å². The van der Waals surface area contributed by atoms with Crippen LogP contribution in [0.15, 0.2) is 0 Å². The monoisotopic (exact) mass is 432 g/mol. The third kappa shape index (κ3) is 9.25. The van der Waals surface area contributed by atoms with Crippen molar-refractivity contribution in [2.24, 2.45) is 0 Å². The van der Waals surface area contributed by atoms with Crippen molar-refractivity contribution in [3.8, 4) is 0 Å². The molecule has 1 aliphatic rings. The molecule has 2 amide bonds. The molecule has 0 radical (unpaired) electrons. The van der Waals surface area contributed by atoms with Gasteiger partial charge < -0.3 is 24.4 Å². The summed E-state index contributed by atoms with van der Waals surface area (Å²) in [5.74, 6) is 0. The summed E-state index contributed by atoms with van der Waals surface area (Å²) >= 11 is 1.17. The van der Waals surface area contributed by atoms with Crippen LogP contribution in [-0.2, 0) is 14.3 Å². The highest BCUT2D eigenvalue weighted by Crippen LogP contribution is 2.32. The SMILES string of the molecule is CC(=O)SC1CC([C@H](O)CCN(C)C(=O)OC(C)(C)C)N(C(=O)OC(C)(C)C)C1. The predicted molar refractivity (Wildman–Crippen MR) is 113 cm³/mol. The molecule has 1 N–H and O–H groups in total. The minimum absolute atomic E-state index is 0.0288. The second kappa shape index (κ2) is 10.0. The van der Waals surface area contributed by atoms with Crippen molar-refractivity contribution in [2.45, 2.75) is 89.9 Å². The molecule has 1 fully saturated rings. The molecule has 29 heavy (non-hydrogen) atoms. The molecular formula is C20H36N2O6S. The molecule has 1 rings (SSSR count). The van der Waals surface area contributed by atoms with Crippen LogP contribution in [0.4, 0.5) is 9.59 Å². The molecule has 0 aliphatic carbocycles. The lowest BCUT2D eigenvalue weighted by Crippen LogP contribution is -2.46. The van der Waals surface area contributed by atoms with Gasteiger partial charge in [-0.05, 0) is 54.4 Å². The number of rotatable bonds is 5. The second-order valence-corrected chi connectivity index (χ2v) is 10.9. The lowest BCUT2D eigenvalue weighted by atomic mass is 10.1. The van der Waals surface area contributed by atoms with Crippen molar-refractivity contribution < 1.29 is 29.0 Å². The first-order valence-corrected chi connectivity index (χ1v) is 10.8. The van der Waals surface area contributed by atoms with Crippen molar-refractivity contribution in [2.75, 3.05) is 20.1 Å². The Morgan fingerprint density at radius 3 is 2.17 bits per heavy atom. The van der Waals surface area contributed by atoms with E-state index in [4.69, 9.17) is 9.47 Å². The molecule has 8 nitrogen and oxygen atoms in total. The summed E-state index contributed by atoms with van der Waals surface area (Å²) in [6.45, 7) is 12.8. The second-order valence-electron chi connectivity index (χ2n) is 9.43. The van der Waals surface area contributed by atoms with E-state index >= 15 is 0 Å². The molecular weight excluding hydrogens is 396 g/mol. The van der Waals surface area contributed by atoms with Crippen LogP contribution in [0.25, 0.3) is 0 Å². The maximum atomic E-state index is 12.6. The number of aliphatic hydroxyl groups excluding tert-OH is 1. The van der Waals surface area contributed by atoms with Crippen LogP contribution >= 0.6 is 11.8 Å². The predicted octanol–water partition coefficient (Wildman–Crippen LogP) is 3.26. The van der Waals surface area contributed by atoms with E-state index in [0.29, 0.717) is 13.0 Å². The van der Waals surface area contributed by atoms with E-state index in [1.165, 1.54) is 28.5 Å². The van der Waals surface area contributed by atoms with Crippen molar-refractivity contribution >= 4 is 29.1 Å². The Morgan fingerprint density at radius 2 is 1.69 bits per heavy atom. The van der Waals surface area contributed by atoms with Gasteiger partial charge in [0.2, 0.25) is 0 Å². The Morgan fingerprint density at radius 1 is 1.14 bits per heavy atom. The fourth-order valence-electron chi connectivity index (χ4n) is 2.99. The van der Waals surface area contributed by atoms with Gasteiger partial charge in [-0.2, -0.15) is 0 Å². The first kappa shape index (κ1) is 25.6. The summed E-state index contributed by atoms with van der Waals surface area (Å²) < 4.78 is 10.8. The van der Waals surface area contributed by atoms with Gasteiger partial charge in [0.1, 0.15) is 11.2 Å². The fraction of sp³-hybridized carbons (Fsp3) is 0.850. The Labute approximate surface area is 178 Å². The van der Waals surface area contributed by atoms with E-state index < -0.39 is 35.5 Å². The zero-order valence-corrected chi connectivity index (χ0v) is 19.7. The highest BCUT2D eigenvalue weighted by atomic mass is 32.2. The molecule has 0 saturated carbocycles. The zero-order chi connectivity index (χ0) is 22.6. The molecule has 0 aromatic carbocycles. The van der Waals surface area contributed by atoms with Crippen LogP contribution in [0, 0.1) is 0 Å². The van der Waals surface area contributed by atoms with Crippen LogP contribution in [0.5, 0.6) is 0 Å². The van der Waals surface area contributed by atoms with Gasteiger partial charge >= 0.3 is 12.2 Å². The number of aliphatic hydroxyl groups is 1. The van der Waals surface area contributed by atoms with E-state index in [1.807, 2.05) is 0 Å². The quantitative estimate of drug-likeness (QED) is 0.712. The smallest absolute Gasteiger partial charge is 0.410 e. The molecule has 9 heteroatoms. The molecule has 3 atom stereocenters. The number of ether oxygens (including phenoxy) is 2. The topological polar surface area (TPSA) is 96.4 Å². The Kier molecular flexibility index (Phi) is 8.83. The van der Waals surface area contributed by atoms with Gasteiger partial charge in [0.05, 0.1) is 12.1 Å². The van der Waals surface area contributed by atoms with Crippen molar-refractivity contribution in [1.82, 2.24) is 9.80 Å². The molecule has 2 unspecified atom stereocenters. The molecule has 1 aliphatic heterocycles. The normalized spacial score (nSPS) is 20.9. The minimum atomic E-state index is -0.857. The van der Waals surface area contributed by atoms with E-state index in [-0.39, 0.29) is 23.3 Å². The average molecular weight is 433 g/mol. The number of thioether (sulfide) groups is 1. The molecule has 0 spiro atoms. The summed E-state index contributed by atoms with van der Waals surface area (Å²) in [7, 11) is 1.61. The van der Waals surface area contributed by atoms with E-state index in [2.05, 4.69) is 0 Å². The van der Waals surface area contributed by atoms with Crippen molar-refractivity contribution in [3.63, 3.8) is 0 Å². The number of carbonyl (C=O) groups excluding carboxylic acids is 3. The third-order valence-electron chi connectivity index (χ3n) is 4.18. The number of likely N-dealkylation sites (tertiary alicyclic amines) is 1. The van der Waals surface area contributed by atoms with E-state index in [0.717, 1.165) is 0 Å². The van der Waals surface area contributed by atoms with Gasteiger partial charge in [-0.15, -0.1) is 0 Å². The summed E-state index contributed by atoms with van der Waals surface area (Å²) in [6, 6.07) is -0.478. The molecule has 0 aromatic heterocycles. The van der Waals surface area contributed by atoms with Crippen molar-refractivity contribution in [1.29, 1.82) is 0 Å². The highest BCUT2D eigenvalue weighted by molar-refractivity contribution is 8.14. The van der Waals surface area contributed by atoms with Crippen molar-refractivity contribution in [3.05, 3.63) is 0 Å². The fourth-order valence-corrected chi connectivity index (χ4v) is 3.99. The Hall–Kier alpha value is -1.48. The number of nitrogens with zero attached hydrogens (tertiary/aromatic N) is 2. The summed E-state index contributed by atoms with van der Waals surface area (Å²) in [4.78, 5) is 39.1. The van der Waals surface area contributed by atoms with Crippen LogP contribution < -0.4 is 0 Å². The standard InChI is InChI=1S/C20H36N2O6S/c1-13(23)29-14-11-15(22(12-14)18(26)28-20(5,6)7)16(24)9-10-21(8)17(25)27-19(2,3)4/h14-16,24H,9-12H2,1-8H3/t14?,15?,16-/m1/s1. The molecule has 0 bridgehead atoms.